The molecular weight excluding hydrogens is 356 g/mol. The fourth-order valence-electron chi connectivity index (χ4n) is 3.62. The van der Waals surface area contributed by atoms with E-state index >= 15 is 0 Å². The molecule has 0 spiro atoms. The third-order valence-corrected chi connectivity index (χ3v) is 5.14. The lowest BCUT2D eigenvalue weighted by atomic mass is 9.96. The Bertz CT molecular complexity index is 1060. The summed E-state index contributed by atoms with van der Waals surface area (Å²) in [5, 5.41) is 18.3. The molecule has 0 bridgehead atoms. The first-order chi connectivity index (χ1) is 14.3. The van der Waals surface area contributed by atoms with Crippen LogP contribution in [0.4, 0.5) is 0 Å². The van der Waals surface area contributed by atoms with Crippen molar-refractivity contribution < 1.29 is 0 Å². The van der Waals surface area contributed by atoms with Gasteiger partial charge in [-0.25, -0.2) is 0 Å². The van der Waals surface area contributed by atoms with Crippen molar-refractivity contribution in [2.24, 2.45) is 0 Å². The first-order valence-electron chi connectivity index (χ1n) is 9.99. The van der Waals surface area contributed by atoms with Gasteiger partial charge in [-0.05, 0) is 55.6 Å². The van der Waals surface area contributed by atoms with Crippen molar-refractivity contribution in [3.8, 4) is 29.0 Å². The highest BCUT2D eigenvalue weighted by Gasteiger charge is 2.11. The van der Waals surface area contributed by atoms with Crippen molar-refractivity contribution in [1.82, 2.24) is 15.1 Å². The van der Waals surface area contributed by atoms with Gasteiger partial charge in [-0.3, -0.25) is 4.90 Å². The van der Waals surface area contributed by atoms with Gasteiger partial charge in [0.2, 0.25) is 0 Å². The average Bonchev–Trinajstić information content (AvgIpc) is 2.79. The molecule has 1 fully saturated rings. The van der Waals surface area contributed by atoms with Crippen LogP contribution in [-0.2, 0) is 6.54 Å². The van der Waals surface area contributed by atoms with Crippen LogP contribution in [-0.4, -0.2) is 28.2 Å². The zero-order valence-corrected chi connectivity index (χ0v) is 16.3. The van der Waals surface area contributed by atoms with Crippen molar-refractivity contribution in [1.29, 1.82) is 5.26 Å². The number of hydrogen-bond acceptors (Lipinski definition) is 4. The summed E-state index contributed by atoms with van der Waals surface area (Å²) in [6.07, 6.45) is 3.85. The Morgan fingerprint density at radius 3 is 2.38 bits per heavy atom. The topological polar surface area (TPSA) is 52.8 Å². The van der Waals surface area contributed by atoms with Crippen LogP contribution < -0.4 is 0 Å². The second-order valence-corrected chi connectivity index (χ2v) is 7.20. The highest BCUT2D eigenvalue weighted by atomic mass is 15.2. The molecule has 2 aromatic carbocycles. The molecule has 1 aliphatic heterocycles. The first kappa shape index (κ1) is 18.9. The van der Waals surface area contributed by atoms with Crippen LogP contribution in [0.1, 0.15) is 41.8 Å². The van der Waals surface area contributed by atoms with Gasteiger partial charge in [0.05, 0.1) is 11.3 Å². The maximum Gasteiger partial charge on any atom is 0.136 e. The molecule has 0 atom stereocenters. The number of hydrogen-bond donors (Lipinski definition) is 0. The second kappa shape index (κ2) is 9.15. The molecule has 0 unspecified atom stereocenters. The first-order valence-corrected chi connectivity index (χ1v) is 9.99. The van der Waals surface area contributed by atoms with E-state index in [0.717, 1.165) is 36.5 Å². The summed E-state index contributed by atoms with van der Waals surface area (Å²) in [6, 6.07) is 21.9. The lowest BCUT2D eigenvalue weighted by Crippen LogP contribution is -2.29. The molecule has 0 radical (unpaired) electrons. The standard InChI is InChI=1S/C25H22N4/c26-18-25-21(10-7-11-24(25)20-8-3-1-4-9-20)12-13-22-14-15-23(28-27-22)19-29-16-5-2-6-17-29/h1,3-4,7-11,14-15H,2,5-6,16-17,19H2. The van der Waals surface area contributed by atoms with Crippen molar-refractivity contribution in [3.63, 3.8) is 0 Å². The van der Waals surface area contributed by atoms with Crippen LogP contribution >= 0.6 is 0 Å². The predicted molar refractivity (Wildman–Crippen MR) is 114 cm³/mol. The Morgan fingerprint density at radius 1 is 0.828 bits per heavy atom. The van der Waals surface area contributed by atoms with E-state index in [9.17, 15) is 5.26 Å². The molecule has 3 aromatic rings. The number of piperidine rings is 1. The van der Waals surface area contributed by atoms with Crippen molar-refractivity contribution in [3.05, 3.63) is 83.2 Å². The van der Waals surface area contributed by atoms with E-state index in [1.807, 2.05) is 60.7 Å². The quantitative estimate of drug-likeness (QED) is 0.634. The minimum absolute atomic E-state index is 0.584. The van der Waals surface area contributed by atoms with Crippen LogP contribution in [0, 0.1) is 23.2 Å². The number of likely N-dealkylation sites (tertiary alicyclic amines) is 1. The fraction of sp³-hybridized carbons (Fsp3) is 0.240. The molecule has 4 nitrogen and oxygen atoms in total. The van der Waals surface area contributed by atoms with Gasteiger partial charge >= 0.3 is 0 Å². The van der Waals surface area contributed by atoms with Crippen molar-refractivity contribution >= 4 is 0 Å². The number of rotatable bonds is 3. The van der Waals surface area contributed by atoms with Crippen LogP contribution in [0.15, 0.2) is 60.7 Å². The number of aromatic nitrogens is 2. The minimum Gasteiger partial charge on any atom is -0.297 e. The van der Waals surface area contributed by atoms with E-state index in [1.165, 1.54) is 19.3 Å². The number of benzene rings is 2. The summed E-state index contributed by atoms with van der Waals surface area (Å²) in [5.41, 5.74) is 4.77. The van der Waals surface area contributed by atoms with Gasteiger partial charge in [0, 0.05) is 17.7 Å². The Hall–Kier alpha value is -3.47. The SMILES string of the molecule is N#Cc1c(C#Cc2ccc(CN3CCCCC3)nn2)cccc1-c1ccccc1. The normalized spacial score (nSPS) is 13.9. The number of nitriles is 1. The Labute approximate surface area is 171 Å². The van der Waals surface area contributed by atoms with Crippen LogP contribution in [0.2, 0.25) is 0 Å². The van der Waals surface area contributed by atoms with Gasteiger partial charge < -0.3 is 0 Å². The molecule has 0 saturated carbocycles. The van der Waals surface area contributed by atoms with Gasteiger partial charge in [-0.2, -0.15) is 10.4 Å². The van der Waals surface area contributed by atoms with Gasteiger partial charge in [0.25, 0.3) is 0 Å². The number of nitrogens with zero attached hydrogens (tertiary/aromatic N) is 4. The van der Waals surface area contributed by atoms with E-state index in [-0.39, 0.29) is 0 Å². The molecule has 29 heavy (non-hydrogen) atoms. The van der Waals surface area contributed by atoms with Crippen LogP contribution in [0.25, 0.3) is 11.1 Å². The Balaban J connectivity index is 1.54. The van der Waals surface area contributed by atoms with E-state index in [1.54, 1.807) is 0 Å². The molecule has 1 saturated heterocycles. The van der Waals surface area contributed by atoms with E-state index in [0.29, 0.717) is 16.8 Å². The maximum atomic E-state index is 9.70. The summed E-state index contributed by atoms with van der Waals surface area (Å²) in [4.78, 5) is 2.42. The van der Waals surface area contributed by atoms with Gasteiger partial charge in [0.1, 0.15) is 11.8 Å². The third kappa shape index (κ3) is 4.69. The smallest absolute Gasteiger partial charge is 0.136 e. The Morgan fingerprint density at radius 2 is 1.66 bits per heavy atom. The molecule has 142 valence electrons. The highest BCUT2D eigenvalue weighted by molar-refractivity contribution is 5.74. The van der Waals surface area contributed by atoms with Crippen molar-refractivity contribution in [2.45, 2.75) is 25.8 Å². The molecular formula is C25H22N4. The summed E-state index contributed by atoms with van der Waals surface area (Å²) >= 11 is 0. The average molecular weight is 378 g/mol. The monoisotopic (exact) mass is 378 g/mol. The molecule has 2 heterocycles. The molecule has 0 N–H and O–H groups in total. The van der Waals surface area contributed by atoms with Crippen LogP contribution in [0.5, 0.6) is 0 Å². The zero-order chi connectivity index (χ0) is 19.9. The molecule has 0 amide bonds. The molecule has 4 rings (SSSR count). The molecule has 0 aliphatic carbocycles. The summed E-state index contributed by atoms with van der Waals surface area (Å²) in [5.74, 6) is 6.16. The summed E-state index contributed by atoms with van der Waals surface area (Å²) < 4.78 is 0. The lowest BCUT2D eigenvalue weighted by molar-refractivity contribution is 0.218. The van der Waals surface area contributed by atoms with Gasteiger partial charge in [-0.1, -0.05) is 54.8 Å². The van der Waals surface area contributed by atoms with Crippen molar-refractivity contribution in [2.75, 3.05) is 13.1 Å². The Kier molecular flexibility index (Phi) is 5.95. The van der Waals surface area contributed by atoms with Gasteiger partial charge in [0.15, 0.2) is 0 Å². The second-order valence-electron chi connectivity index (χ2n) is 7.20. The molecule has 4 heteroatoms. The predicted octanol–water partition coefficient (Wildman–Crippen LogP) is 4.40. The highest BCUT2D eigenvalue weighted by Crippen LogP contribution is 2.25. The summed E-state index contributed by atoms with van der Waals surface area (Å²) in [6.45, 7) is 3.12. The van der Waals surface area contributed by atoms with E-state index < -0.39 is 0 Å². The molecule has 1 aromatic heterocycles. The maximum absolute atomic E-state index is 9.70. The summed E-state index contributed by atoms with van der Waals surface area (Å²) in [7, 11) is 0. The lowest BCUT2D eigenvalue weighted by Gasteiger charge is -2.25. The fourth-order valence-corrected chi connectivity index (χ4v) is 3.62. The molecule has 1 aliphatic rings. The largest absolute Gasteiger partial charge is 0.297 e. The van der Waals surface area contributed by atoms with Crippen LogP contribution in [0.3, 0.4) is 0 Å². The van der Waals surface area contributed by atoms with E-state index in [4.69, 9.17) is 0 Å². The van der Waals surface area contributed by atoms with Gasteiger partial charge in [-0.15, -0.1) is 5.10 Å². The van der Waals surface area contributed by atoms with E-state index in [2.05, 4.69) is 33.0 Å². The zero-order valence-electron chi connectivity index (χ0n) is 16.3. The minimum atomic E-state index is 0.584. The third-order valence-electron chi connectivity index (χ3n) is 5.14.